The van der Waals surface area contributed by atoms with Crippen LogP contribution < -0.4 is 5.32 Å². The summed E-state index contributed by atoms with van der Waals surface area (Å²) in [4.78, 5) is 24.7. The molecule has 0 aromatic carbocycles. The number of carbonyl (C=O) groups excluding carboxylic acids is 1. The Kier molecular flexibility index (Phi) is 5.44. The van der Waals surface area contributed by atoms with Gasteiger partial charge in [0.1, 0.15) is 6.04 Å². The molecule has 18 heavy (non-hydrogen) atoms. The Morgan fingerprint density at radius 2 is 1.89 bits per heavy atom. The lowest BCUT2D eigenvalue weighted by atomic mass is 10.0. The molecule has 0 radical (unpaired) electrons. The number of nitrogens with one attached hydrogen (secondary N) is 1. The van der Waals surface area contributed by atoms with Gasteiger partial charge in [0.25, 0.3) is 0 Å². The maximum Gasteiger partial charge on any atom is 0.326 e. The van der Waals surface area contributed by atoms with Crippen molar-refractivity contribution in [2.45, 2.75) is 46.1 Å². The van der Waals surface area contributed by atoms with Crippen molar-refractivity contribution in [2.24, 2.45) is 11.8 Å². The van der Waals surface area contributed by atoms with Crippen molar-refractivity contribution >= 4 is 12.0 Å². The van der Waals surface area contributed by atoms with E-state index < -0.39 is 12.0 Å². The molecular weight excluding hydrogens is 232 g/mol. The molecule has 0 aromatic rings. The fourth-order valence-corrected chi connectivity index (χ4v) is 2.20. The molecule has 0 bridgehead atoms. The summed E-state index contributed by atoms with van der Waals surface area (Å²) in [7, 11) is 0. The van der Waals surface area contributed by atoms with Gasteiger partial charge in [0, 0.05) is 13.1 Å². The van der Waals surface area contributed by atoms with Gasteiger partial charge in [-0.2, -0.15) is 0 Å². The first-order chi connectivity index (χ1) is 8.45. The van der Waals surface area contributed by atoms with Crippen LogP contribution in [0.3, 0.4) is 0 Å². The molecule has 0 aromatic heterocycles. The number of amides is 2. The van der Waals surface area contributed by atoms with Crippen molar-refractivity contribution in [3.63, 3.8) is 0 Å². The van der Waals surface area contributed by atoms with Crippen LogP contribution in [0.1, 0.15) is 40.0 Å². The number of likely N-dealkylation sites (tertiary alicyclic amines) is 1. The minimum absolute atomic E-state index is 0.241. The van der Waals surface area contributed by atoms with E-state index in [1.165, 1.54) is 0 Å². The Hall–Kier alpha value is -1.26. The van der Waals surface area contributed by atoms with E-state index in [0.717, 1.165) is 12.8 Å². The third-order valence-electron chi connectivity index (χ3n) is 3.72. The number of hydrogen-bond acceptors (Lipinski definition) is 2. The van der Waals surface area contributed by atoms with Crippen LogP contribution in [0, 0.1) is 11.8 Å². The van der Waals surface area contributed by atoms with Gasteiger partial charge >= 0.3 is 12.0 Å². The van der Waals surface area contributed by atoms with E-state index in [4.69, 9.17) is 5.11 Å². The van der Waals surface area contributed by atoms with Crippen LogP contribution in [0.4, 0.5) is 4.79 Å². The summed E-state index contributed by atoms with van der Waals surface area (Å²) in [5.74, 6) is 0.0152. The number of carboxylic acids is 1. The quantitative estimate of drug-likeness (QED) is 0.789. The summed E-state index contributed by atoms with van der Waals surface area (Å²) in [5.41, 5.74) is 0. The molecule has 0 saturated carbocycles. The van der Waals surface area contributed by atoms with E-state index >= 15 is 0 Å². The van der Waals surface area contributed by atoms with Crippen molar-refractivity contribution < 1.29 is 14.7 Å². The lowest BCUT2D eigenvalue weighted by molar-refractivity contribution is -0.139. The Bertz CT molecular complexity index is 297. The first-order valence-electron chi connectivity index (χ1n) is 6.74. The minimum Gasteiger partial charge on any atom is -0.480 e. The predicted molar refractivity (Wildman–Crippen MR) is 69.4 cm³/mol. The lowest BCUT2D eigenvalue weighted by Crippen LogP contribution is -2.47. The zero-order valence-electron chi connectivity index (χ0n) is 11.5. The SMILES string of the molecule is CCCC[C@H](NC(=O)N1CC(C)C(C)C1)C(=O)O. The first kappa shape index (κ1) is 14.8. The third kappa shape index (κ3) is 3.89. The largest absolute Gasteiger partial charge is 0.480 e. The van der Waals surface area contributed by atoms with E-state index in [1.54, 1.807) is 4.90 Å². The molecule has 1 heterocycles. The summed E-state index contributed by atoms with van der Waals surface area (Å²) in [6.07, 6.45) is 2.23. The molecule has 2 unspecified atom stereocenters. The Morgan fingerprint density at radius 3 is 2.33 bits per heavy atom. The number of rotatable bonds is 5. The number of aliphatic carboxylic acids is 1. The average Bonchev–Trinajstić information content (AvgIpc) is 2.64. The monoisotopic (exact) mass is 256 g/mol. The van der Waals surface area contributed by atoms with Crippen LogP contribution in [-0.4, -0.2) is 41.1 Å². The Labute approximate surface area is 109 Å². The van der Waals surface area contributed by atoms with Crippen LogP contribution in [0.5, 0.6) is 0 Å². The summed E-state index contributed by atoms with van der Waals surface area (Å²) < 4.78 is 0. The molecular formula is C13H24N2O3. The molecule has 5 heteroatoms. The van der Waals surface area contributed by atoms with E-state index in [2.05, 4.69) is 19.2 Å². The van der Waals surface area contributed by atoms with E-state index in [9.17, 15) is 9.59 Å². The molecule has 2 N–H and O–H groups in total. The van der Waals surface area contributed by atoms with E-state index in [1.807, 2.05) is 6.92 Å². The highest BCUT2D eigenvalue weighted by atomic mass is 16.4. The number of urea groups is 1. The maximum atomic E-state index is 12.0. The van der Waals surface area contributed by atoms with Gasteiger partial charge < -0.3 is 15.3 Å². The van der Waals surface area contributed by atoms with Gasteiger partial charge in [0.2, 0.25) is 0 Å². The van der Waals surface area contributed by atoms with Gasteiger partial charge in [0.15, 0.2) is 0 Å². The van der Waals surface area contributed by atoms with Crippen molar-refractivity contribution in [1.82, 2.24) is 10.2 Å². The highest BCUT2D eigenvalue weighted by Crippen LogP contribution is 2.22. The molecule has 1 aliphatic heterocycles. The lowest BCUT2D eigenvalue weighted by Gasteiger charge is -2.20. The van der Waals surface area contributed by atoms with Crippen LogP contribution in [0.15, 0.2) is 0 Å². The zero-order valence-corrected chi connectivity index (χ0v) is 11.5. The molecule has 3 atom stereocenters. The molecule has 104 valence electrons. The topological polar surface area (TPSA) is 69.6 Å². The third-order valence-corrected chi connectivity index (χ3v) is 3.72. The van der Waals surface area contributed by atoms with Gasteiger partial charge in [-0.05, 0) is 18.3 Å². The van der Waals surface area contributed by atoms with Crippen LogP contribution in [0.25, 0.3) is 0 Å². The molecule has 0 aliphatic carbocycles. The normalized spacial score (nSPS) is 24.9. The second-order valence-corrected chi connectivity index (χ2v) is 5.34. The standard InChI is InChI=1S/C13H24N2O3/c1-4-5-6-11(12(16)17)14-13(18)15-7-9(2)10(3)8-15/h9-11H,4-8H2,1-3H3,(H,14,18)(H,16,17)/t9?,10?,11-/m0/s1. The van der Waals surface area contributed by atoms with Gasteiger partial charge in [-0.1, -0.05) is 33.6 Å². The van der Waals surface area contributed by atoms with Gasteiger partial charge in [0.05, 0.1) is 0 Å². The molecule has 5 nitrogen and oxygen atoms in total. The molecule has 1 fully saturated rings. The number of carboxylic acid groups (broad SMARTS) is 1. The average molecular weight is 256 g/mol. The summed E-state index contributed by atoms with van der Waals surface area (Å²) >= 11 is 0. The number of unbranched alkanes of at least 4 members (excludes halogenated alkanes) is 1. The van der Waals surface area contributed by atoms with E-state index in [-0.39, 0.29) is 6.03 Å². The fourth-order valence-electron chi connectivity index (χ4n) is 2.20. The zero-order chi connectivity index (χ0) is 13.7. The highest BCUT2D eigenvalue weighted by Gasteiger charge is 2.31. The smallest absolute Gasteiger partial charge is 0.326 e. The molecule has 1 rings (SSSR count). The van der Waals surface area contributed by atoms with Gasteiger partial charge in [-0.15, -0.1) is 0 Å². The maximum absolute atomic E-state index is 12.0. The Morgan fingerprint density at radius 1 is 1.33 bits per heavy atom. The van der Waals surface area contributed by atoms with Crippen LogP contribution in [0.2, 0.25) is 0 Å². The van der Waals surface area contributed by atoms with Crippen molar-refractivity contribution in [3.8, 4) is 0 Å². The second-order valence-electron chi connectivity index (χ2n) is 5.34. The molecule has 1 saturated heterocycles. The van der Waals surface area contributed by atoms with Crippen LogP contribution in [-0.2, 0) is 4.79 Å². The predicted octanol–water partition coefficient (Wildman–Crippen LogP) is 1.93. The van der Waals surface area contributed by atoms with E-state index in [0.29, 0.717) is 31.3 Å². The highest BCUT2D eigenvalue weighted by molar-refractivity contribution is 5.82. The van der Waals surface area contributed by atoms with Gasteiger partial charge in [-0.25, -0.2) is 9.59 Å². The van der Waals surface area contributed by atoms with Crippen molar-refractivity contribution in [3.05, 3.63) is 0 Å². The molecule has 1 aliphatic rings. The van der Waals surface area contributed by atoms with Crippen molar-refractivity contribution in [1.29, 1.82) is 0 Å². The second kappa shape index (κ2) is 6.61. The summed E-state index contributed by atoms with van der Waals surface area (Å²) in [6.45, 7) is 7.66. The summed E-state index contributed by atoms with van der Waals surface area (Å²) in [5, 5.41) is 11.7. The number of nitrogens with zero attached hydrogens (tertiary/aromatic N) is 1. The fraction of sp³-hybridized carbons (Fsp3) is 0.846. The number of carbonyl (C=O) groups is 2. The van der Waals surface area contributed by atoms with Crippen LogP contribution >= 0.6 is 0 Å². The van der Waals surface area contributed by atoms with Crippen molar-refractivity contribution in [2.75, 3.05) is 13.1 Å². The number of hydrogen-bond donors (Lipinski definition) is 2. The summed E-state index contributed by atoms with van der Waals surface area (Å²) in [6, 6.07) is -1.00. The van der Waals surface area contributed by atoms with Gasteiger partial charge in [-0.3, -0.25) is 0 Å². The molecule has 2 amide bonds. The molecule has 0 spiro atoms. The first-order valence-corrected chi connectivity index (χ1v) is 6.74. The Balaban J connectivity index is 2.48. The minimum atomic E-state index is -0.947.